The number of pyridine rings is 1. The fourth-order valence-corrected chi connectivity index (χ4v) is 4.95. The molecular weight excluding hydrogens is 446 g/mol. The molecule has 0 aliphatic carbocycles. The van der Waals surface area contributed by atoms with Crippen LogP contribution in [0.1, 0.15) is 18.4 Å². The van der Waals surface area contributed by atoms with Crippen LogP contribution >= 0.6 is 11.6 Å². The molecule has 1 aromatic heterocycles. The van der Waals surface area contributed by atoms with E-state index in [-0.39, 0.29) is 17.4 Å². The lowest BCUT2D eigenvalue weighted by Gasteiger charge is -2.34. The number of anilines is 1. The second kappa shape index (κ2) is 9.74. The third-order valence-electron chi connectivity index (χ3n) is 6.43. The van der Waals surface area contributed by atoms with Gasteiger partial charge in [-0.25, -0.2) is 0 Å². The number of carbonyl (C=O) groups excluding carboxylic acids is 1. The van der Waals surface area contributed by atoms with E-state index in [1.807, 2.05) is 72.8 Å². The summed E-state index contributed by atoms with van der Waals surface area (Å²) in [6.45, 7) is 1.72. The average Bonchev–Trinajstić information content (AvgIpc) is 2.88. The van der Waals surface area contributed by atoms with Crippen molar-refractivity contribution in [3.05, 3.63) is 99.8 Å². The van der Waals surface area contributed by atoms with Gasteiger partial charge in [0.15, 0.2) is 0 Å². The second-order valence-corrected chi connectivity index (χ2v) is 9.16. The van der Waals surface area contributed by atoms with Gasteiger partial charge in [0.25, 0.3) is 5.56 Å². The van der Waals surface area contributed by atoms with Crippen LogP contribution in [-0.2, 0) is 11.3 Å². The normalized spacial score (nSPS) is 15.9. The second-order valence-electron chi connectivity index (χ2n) is 8.72. The number of hydrogen-bond acceptors (Lipinski definition) is 3. The van der Waals surface area contributed by atoms with E-state index in [1.54, 1.807) is 6.07 Å². The van der Waals surface area contributed by atoms with Gasteiger partial charge in [-0.05, 0) is 42.2 Å². The summed E-state index contributed by atoms with van der Waals surface area (Å²) in [7, 11) is 0. The lowest BCUT2D eigenvalue weighted by molar-refractivity contribution is -0.125. The summed E-state index contributed by atoms with van der Waals surface area (Å²) in [6.07, 6.45) is 1.64. The van der Waals surface area contributed by atoms with Crippen molar-refractivity contribution in [3.63, 3.8) is 0 Å². The first-order valence-corrected chi connectivity index (χ1v) is 12.0. The van der Waals surface area contributed by atoms with Crippen molar-refractivity contribution in [2.45, 2.75) is 19.4 Å². The monoisotopic (exact) mass is 471 g/mol. The highest BCUT2D eigenvalue weighted by Crippen LogP contribution is 2.37. The molecule has 5 nitrogen and oxygen atoms in total. The largest absolute Gasteiger partial charge is 0.366 e. The molecule has 2 N–H and O–H groups in total. The van der Waals surface area contributed by atoms with Gasteiger partial charge < -0.3 is 15.2 Å². The van der Waals surface area contributed by atoms with Crippen LogP contribution in [0, 0.1) is 5.92 Å². The zero-order valence-electron chi connectivity index (χ0n) is 18.8. The van der Waals surface area contributed by atoms with E-state index < -0.39 is 0 Å². The van der Waals surface area contributed by atoms with Crippen molar-refractivity contribution in [1.82, 2.24) is 10.3 Å². The summed E-state index contributed by atoms with van der Waals surface area (Å²) >= 11 is 6.35. The summed E-state index contributed by atoms with van der Waals surface area (Å²) < 4.78 is 0. The number of carbonyl (C=O) groups is 1. The van der Waals surface area contributed by atoms with Crippen LogP contribution in [0.2, 0.25) is 5.02 Å². The number of aromatic nitrogens is 1. The Balaban J connectivity index is 1.49. The molecule has 3 aromatic carbocycles. The first-order chi connectivity index (χ1) is 16.6. The van der Waals surface area contributed by atoms with Gasteiger partial charge in [0.2, 0.25) is 5.91 Å². The lowest BCUT2D eigenvalue weighted by Crippen LogP contribution is -2.44. The number of H-pyrrole nitrogens is 1. The minimum Gasteiger partial charge on any atom is -0.366 e. The SMILES string of the molecule is O=C(NCc1ccccc1)C1CCCN(c2c(-c3ccccc3)c3cc(Cl)ccc3[nH]c2=O)C1. The van der Waals surface area contributed by atoms with Crippen LogP contribution in [0.5, 0.6) is 0 Å². The minimum absolute atomic E-state index is 0.0232. The van der Waals surface area contributed by atoms with Crippen molar-refractivity contribution >= 4 is 34.1 Å². The van der Waals surface area contributed by atoms with Gasteiger partial charge in [-0.3, -0.25) is 9.59 Å². The number of piperidine rings is 1. The number of rotatable bonds is 5. The van der Waals surface area contributed by atoms with Gasteiger partial charge in [0.1, 0.15) is 5.69 Å². The molecule has 6 heteroatoms. The predicted octanol–water partition coefficient (Wildman–Crippen LogP) is 5.38. The molecular formula is C28H26ClN3O2. The predicted molar refractivity (Wildman–Crippen MR) is 138 cm³/mol. The molecule has 1 saturated heterocycles. The van der Waals surface area contributed by atoms with E-state index in [4.69, 9.17) is 11.6 Å². The molecule has 0 spiro atoms. The molecule has 4 aromatic rings. The van der Waals surface area contributed by atoms with Crippen molar-refractivity contribution in [2.24, 2.45) is 5.92 Å². The number of halogens is 1. The van der Waals surface area contributed by atoms with Gasteiger partial charge in [-0.15, -0.1) is 0 Å². The Morgan fingerprint density at radius 1 is 1.03 bits per heavy atom. The number of fused-ring (bicyclic) bond motifs is 1. The summed E-state index contributed by atoms with van der Waals surface area (Å²) in [4.78, 5) is 31.5. The Morgan fingerprint density at radius 3 is 2.53 bits per heavy atom. The van der Waals surface area contributed by atoms with Gasteiger partial charge in [-0.1, -0.05) is 72.3 Å². The quantitative estimate of drug-likeness (QED) is 0.410. The molecule has 0 bridgehead atoms. The Bertz CT molecular complexity index is 1370. The van der Waals surface area contributed by atoms with Crippen LogP contribution in [0.4, 0.5) is 5.69 Å². The highest BCUT2D eigenvalue weighted by molar-refractivity contribution is 6.31. The van der Waals surface area contributed by atoms with Crippen LogP contribution in [-0.4, -0.2) is 24.0 Å². The lowest BCUT2D eigenvalue weighted by atomic mass is 9.94. The maximum absolute atomic E-state index is 13.4. The molecule has 172 valence electrons. The number of amides is 1. The van der Waals surface area contributed by atoms with E-state index in [0.29, 0.717) is 23.8 Å². The average molecular weight is 472 g/mol. The van der Waals surface area contributed by atoms with Gasteiger partial charge in [0.05, 0.1) is 5.92 Å². The third-order valence-corrected chi connectivity index (χ3v) is 6.67. The van der Waals surface area contributed by atoms with E-state index in [9.17, 15) is 9.59 Å². The maximum atomic E-state index is 13.4. The van der Waals surface area contributed by atoms with Crippen molar-refractivity contribution < 1.29 is 4.79 Å². The molecule has 1 aliphatic heterocycles. The highest BCUT2D eigenvalue weighted by Gasteiger charge is 2.29. The topological polar surface area (TPSA) is 65.2 Å². The molecule has 1 amide bonds. The smallest absolute Gasteiger partial charge is 0.272 e. The molecule has 0 radical (unpaired) electrons. The molecule has 1 aliphatic rings. The Morgan fingerprint density at radius 2 is 1.76 bits per heavy atom. The molecule has 2 heterocycles. The van der Waals surface area contributed by atoms with E-state index in [2.05, 4.69) is 15.2 Å². The first kappa shape index (κ1) is 22.2. The van der Waals surface area contributed by atoms with Crippen molar-refractivity contribution in [2.75, 3.05) is 18.0 Å². The molecule has 1 unspecified atom stereocenters. The van der Waals surface area contributed by atoms with Crippen molar-refractivity contribution in [1.29, 1.82) is 0 Å². The number of hydrogen-bond donors (Lipinski definition) is 2. The zero-order valence-corrected chi connectivity index (χ0v) is 19.5. The summed E-state index contributed by atoms with van der Waals surface area (Å²) in [5.74, 6) is -0.161. The molecule has 5 rings (SSSR count). The van der Waals surface area contributed by atoms with Gasteiger partial charge in [-0.2, -0.15) is 0 Å². The minimum atomic E-state index is -0.185. The fourth-order valence-electron chi connectivity index (χ4n) is 4.78. The number of nitrogens with zero attached hydrogens (tertiary/aromatic N) is 1. The standard InChI is InChI=1S/C28H26ClN3O2/c29-22-13-14-24-23(16-22)25(20-10-5-2-6-11-20)26(28(34)31-24)32-15-7-12-21(18-32)27(33)30-17-19-8-3-1-4-9-19/h1-6,8-11,13-14,16,21H,7,12,15,17-18H2,(H,30,33)(H,31,34). The highest BCUT2D eigenvalue weighted by atomic mass is 35.5. The molecule has 0 saturated carbocycles. The Hall–Kier alpha value is -3.57. The maximum Gasteiger partial charge on any atom is 0.272 e. The van der Waals surface area contributed by atoms with Crippen molar-refractivity contribution in [3.8, 4) is 11.1 Å². The van der Waals surface area contributed by atoms with E-state index in [0.717, 1.165) is 47.0 Å². The van der Waals surface area contributed by atoms with E-state index >= 15 is 0 Å². The molecule has 34 heavy (non-hydrogen) atoms. The summed E-state index contributed by atoms with van der Waals surface area (Å²) in [5, 5.41) is 4.57. The van der Waals surface area contributed by atoms with Gasteiger partial charge >= 0.3 is 0 Å². The van der Waals surface area contributed by atoms with Crippen LogP contribution < -0.4 is 15.8 Å². The van der Waals surface area contributed by atoms with Crippen LogP contribution in [0.15, 0.2) is 83.7 Å². The summed E-state index contributed by atoms with van der Waals surface area (Å²) in [6, 6.07) is 25.3. The molecule has 1 fully saturated rings. The van der Waals surface area contributed by atoms with E-state index in [1.165, 1.54) is 0 Å². The Kier molecular flexibility index (Phi) is 6.37. The number of benzene rings is 3. The number of aromatic amines is 1. The zero-order chi connectivity index (χ0) is 23.5. The Labute approximate surface area is 203 Å². The van der Waals surface area contributed by atoms with Gasteiger partial charge in [0, 0.05) is 41.1 Å². The fraction of sp³-hybridized carbons (Fsp3) is 0.214. The molecule has 1 atom stereocenters. The first-order valence-electron chi connectivity index (χ1n) is 11.6. The third kappa shape index (κ3) is 4.57. The van der Waals surface area contributed by atoms with Crippen LogP contribution in [0.3, 0.4) is 0 Å². The number of nitrogens with one attached hydrogen (secondary N) is 2. The summed E-state index contributed by atoms with van der Waals surface area (Å²) in [5.41, 5.74) is 4.06. The van der Waals surface area contributed by atoms with Crippen LogP contribution in [0.25, 0.3) is 22.0 Å².